The lowest BCUT2D eigenvalue weighted by atomic mass is 10.1. The lowest BCUT2D eigenvalue weighted by molar-refractivity contribution is -0.122. The highest BCUT2D eigenvalue weighted by atomic mass is 16.5. The lowest BCUT2D eigenvalue weighted by Gasteiger charge is -2.12. The van der Waals surface area contributed by atoms with Gasteiger partial charge in [0, 0.05) is 6.54 Å². The molecule has 0 saturated carbocycles. The second-order valence-electron chi connectivity index (χ2n) is 4.78. The van der Waals surface area contributed by atoms with Crippen LogP contribution in [-0.4, -0.2) is 19.6 Å². The Balaban J connectivity index is 1.81. The standard InChI is InChI=1S/C17H20N2O2/c1-21-15-9-7-13(8-10-15)11-12-19-17(20)16(18)14-5-3-2-4-6-14/h2-10,16H,11-12,18H2,1H3,(H,19,20)/t16-/m0/s1. The summed E-state index contributed by atoms with van der Waals surface area (Å²) in [6.45, 7) is 0.561. The molecule has 0 aliphatic rings. The van der Waals surface area contributed by atoms with Gasteiger partial charge in [0.25, 0.3) is 0 Å². The van der Waals surface area contributed by atoms with Gasteiger partial charge in [-0.25, -0.2) is 0 Å². The number of carbonyl (C=O) groups excluding carboxylic acids is 1. The highest BCUT2D eigenvalue weighted by Crippen LogP contribution is 2.12. The van der Waals surface area contributed by atoms with Crippen molar-refractivity contribution in [2.75, 3.05) is 13.7 Å². The van der Waals surface area contributed by atoms with Crippen molar-refractivity contribution in [1.82, 2.24) is 5.32 Å². The molecule has 110 valence electrons. The van der Waals surface area contributed by atoms with E-state index in [-0.39, 0.29) is 5.91 Å². The normalized spacial score (nSPS) is 11.7. The minimum atomic E-state index is -0.623. The van der Waals surface area contributed by atoms with Crippen molar-refractivity contribution in [2.24, 2.45) is 5.73 Å². The van der Waals surface area contributed by atoms with Crippen molar-refractivity contribution < 1.29 is 9.53 Å². The van der Waals surface area contributed by atoms with Crippen molar-refractivity contribution in [3.63, 3.8) is 0 Å². The van der Waals surface area contributed by atoms with E-state index < -0.39 is 6.04 Å². The molecule has 4 heteroatoms. The highest BCUT2D eigenvalue weighted by Gasteiger charge is 2.14. The fourth-order valence-corrected chi connectivity index (χ4v) is 2.04. The zero-order valence-electron chi connectivity index (χ0n) is 12.1. The van der Waals surface area contributed by atoms with Crippen LogP contribution in [0.4, 0.5) is 0 Å². The van der Waals surface area contributed by atoms with Crippen molar-refractivity contribution in [1.29, 1.82) is 0 Å². The van der Waals surface area contributed by atoms with E-state index in [9.17, 15) is 4.79 Å². The molecular formula is C17H20N2O2. The van der Waals surface area contributed by atoms with Crippen LogP contribution in [0.25, 0.3) is 0 Å². The zero-order chi connectivity index (χ0) is 15.1. The Morgan fingerprint density at radius 3 is 2.43 bits per heavy atom. The van der Waals surface area contributed by atoms with Crippen LogP contribution < -0.4 is 15.8 Å². The van der Waals surface area contributed by atoms with Crippen LogP contribution in [0, 0.1) is 0 Å². The van der Waals surface area contributed by atoms with Gasteiger partial charge in [-0.1, -0.05) is 42.5 Å². The maximum absolute atomic E-state index is 12.0. The molecule has 2 aromatic carbocycles. The van der Waals surface area contributed by atoms with Crippen molar-refractivity contribution >= 4 is 5.91 Å². The summed E-state index contributed by atoms with van der Waals surface area (Å²) in [6, 6.07) is 16.5. The van der Waals surface area contributed by atoms with Gasteiger partial charge in [0.15, 0.2) is 0 Å². The van der Waals surface area contributed by atoms with E-state index in [1.807, 2.05) is 54.6 Å². The van der Waals surface area contributed by atoms with E-state index >= 15 is 0 Å². The third kappa shape index (κ3) is 4.33. The van der Waals surface area contributed by atoms with Crippen molar-refractivity contribution in [3.05, 3.63) is 65.7 Å². The second-order valence-corrected chi connectivity index (χ2v) is 4.78. The molecule has 2 rings (SSSR count). The van der Waals surface area contributed by atoms with E-state index in [1.165, 1.54) is 0 Å². The maximum Gasteiger partial charge on any atom is 0.241 e. The highest BCUT2D eigenvalue weighted by molar-refractivity contribution is 5.82. The van der Waals surface area contributed by atoms with E-state index in [2.05, 4.69) is 5.32 Å². The topological polar surface area (TPSA) is 64.3 Å². The quantitative estimate of drug-likeness (QED) is 0.853. The van der Waals surface area contributed by atoms with Crippen LogP contribution in [0.15, 0.2) is 54.6 Å². The first-order valence-corrected chi connectivity index (χ1v) is 6.92. The number of nitrogens with two attached hydrogens (primary N) is 1. The lowest BCUT2D eigenvalue weighted by Crippen LogP contribution is -2.35. The summed E-state index contributed by atoms with van der Waals surface area (Å²) in [7, 11) is 1.64. The number of rotatable bonds is 6. The van der Waals surface area contributed by atoms with E-state index in [0.717, 1.165) is 23.3 Å². The molecule has 1 atom stereocenters. The predicted octanol–water partition coefficient (Wildman–Crippen LogP) is 2.05. The molecule has 0 bridgehead atoms. The van der Waals surface area contributed by atoms with Crippen LogP contribution in [0.1, 0.15) is 17.2 Å². The van der Waals surface area contributed by atoms with Crippen LogP contribution in [0.5, 0.6) is 5.75 Å². The molecule has 0 aliphatic carbocycles. The molecule has 0 spiro atoms. The minimum absolute atomic E-state index is 0.158. The number of carbonyl (C=O) groups is 1. The first-order chi connectivity index (χ1) is 10.2. The Hall–Kier alpha value is -2.33. The van der Waals surface area contributed by atoms with E-state index in [1.54, 1.807) is 7.11 Å². The number of nitrogens with one attached hydrogen (secondary N) is 1. The fraction of sp³-hybridized carbons (Fsp3) is 0.235. The number of hydrogen-bond acceptors (Lipinski definition) is 3. The summed E-state index contributed by atoms with van der Waals surface area (Å²) in [4.78, 5) is 12.0. The summed E-state index contributed by atoms with van der Waals surface area (Å²) in [5, 5.41) is 2.86. The van der Waals surface area contributed by atoms with Gasteiger partial charge in [-0.05, 0) is 29.7 Å². The molecule has 0 aliphatic heterocycles. The van der Waals surface area contributed by atoms with Crippen LogP contribution in [0.2, 0.25) is 0 Å². The second kappa shape index (κ2) is 7.45. The number of ether oxygens (including phenoxy) is 1. The molecule has 0 aromatic heterocycles. The Morgan fingerprint density at radius 2 is 1.81 bits per heavy atom. The summed E-state index contributed by atoms with van der Waals surface area (Å²) < 4.78 is 5.11. The summed E-state index contributed by atoms with van der Waals surface area (Å²) in [6.07, 6.45) is 0.761. The molecule has 4 nitrogen and oxygen atoms in total. The molecule has 0 unspecified atom stereocenters. The third-order valence-electron chi connectivity index (χ3n) is 3.31. The Labute approximate surface area is 124 Å². The van der Waals surface area contributed by atoms with Crippen LogP contribution in [0.3, 0.4) is 0 Å². The van der Waals surface area contributed by atoms with Crippen molar-refractivity contribution in [3.8, 4) is 5.75 Å². The summed E-state index contributed by atoms with van der Waals surface area (Å²) in [5.41, 5.74) is 7.89. The van der Waals surface area contributed by atoms with Gasteiger partial charge in [-0.2, -0.15) is 0 Å². The smallest absolute Gasteiger partial charge is 0.241 e. The summed E-state index contributed by atoms with van der Waals surface area (Å²) in [5.74, 6) is 0.670. The largest absolute Gasteiger partial charge is 0.497 e. The molecule has 1 amide bonds. The molecule has 21 heavy (non-hydrogen) atoms. The minimum Gasteiger partial charge on any atom is -0.497 e. The Bertz CT molecular complexity index is 567. The molecule has 2 aromatic rings. The third-order valence-corrected chi connectivity index (χ3v) is 3.31. The first kappa shape index (κ1) is 15.1. The predicted molar refractivity (Wildman–Crippen MR) is 83.1 cm³/mol. The average Bonchev–Trinajstić information content (AvgIpc) is 2.55. The molecule has 0 fully saturated rings. The van der Waals surface area contributed by atoms with Gasteiger partial charge in [0.2, 0.25) is 5.91 Å². The van der Waals surface area contributed by atoms with Gasteiger partial charge in [-0.15, -0.1) is 0 Å². The van der Waals surface area contributed by atoms with Crippen LogP contribution in [-0.2, 0) is 11.2 Å². The monoisotopic (exact) mass is 284 g/mol. The van der Waals surface area contributed by atoms with Crippen LogP contribution >= 0.6 is 0 Å². The first-order valence-electron chi connectivity index (χ1n) is 6.92. The average molecular weight is 284 g/mol. The zero-order valence-corrected chi connectivity index (χ0v) is 12.1. The number of methoxy groups -OCH3 is 1. The molecule has 0 radical (unpaired) electrons. The van der Waals surface area contributed by atoms with Gasteiger partial charge in [0.1, 0.15) is 11.8 Å². The van der Waals surface area contributed by atoms with E-state index in [4.69, 9.17) is 10.5 Å². The molecular weight excluding hydrogens is 264 g/mol. The Morgan fingerprint density at radius 1 is 1.14 bits per heavy atom. The molecule has 0 heterocycles. The number of benzene rings is 2. The fourth-order valence-electron chi connectivity index (χ4n) is 2.04. The van der Waals surface area contributed by atoms with Gasteiger partial charge in [0.05, 0.1) is 7.11 Å². The van der Waals surface area contributed by atoms with Gasteiger partial charge in [-0.3, -0.25) is 4.79 Å². The van der Waals surface area contributed by atoms with E-state index in [0.29, 0.717) is 6.54 Å². The van der Waals surface area contributed by atoms with Crippen molar-refractivity contribution in [2.45, 2.75) is 12.5 Å². The SMILES string of the molecule is COc1ccc(CCNC(=O)[C@@H](N)c2ccccc2)cc1. The number of amides is 1. The number of hydrogen-bond donors (Lipinski definition) is 2. The van der Waals surface area contributed by atoms with Gasteiger partial charge < -0.3 is 15.8 Å². The Kier molecular flexibility index (Phi) is 5.35. The summed E-state index contributed by atoms with van der Waals surface area (Å²) >= 11 is 0. The molecule has 0 saturated heterocycles. The maximum atomic E-state index is 12.0. The van der Waals surface area contributed by atoms with Gasteiger partial charge >= 0.3 is 0 Å². The molecule has 3 N–H and O–H groups in total.